The van der Waals surface area contributed by atoms with E-state index in [9.17, 15) is 0 Å². The molecule has 196 valence electrons. The van der Waals surface area contributed by atoms with Gasteiger partial charge in [-0.1, -0.05) is 76.6 Å². The fourth-order valence-corrected chi connectivity index (χ4v) is 9.06. The van der Waals surface area contributed by atoms with Gasteiger partial charge in [-0.05, 0) is 109 Å². The molecule has 1 aliphatic carbocycles. The third-order valence-electron chi connectivity index (χ3n) is 7.96. The van der Waals surface area contributed by atoms with Crippen molar-refractivity contribution in [1.29, 1.82) is 0 Å². The minimum atomic E-state index is 0.325. The average Bonchev–Trinajstić information content (AvgIpc) is 3.33. The van der Waals surface area contributed by atoms with Gasteiger partial charge in [0.15, 0.2) is 0 Å². The molecule has 3 heteroatoms. The van der Waals surface area contributed by atoms with Crippen LogP contribution in [0.4, 0.5) is 5.69 Å². The first kappa shape index (κ1) is 26.6. The first-order chi connectivity index (χ1) is 17.8. The van der Waals surface area contributed by atoms with Crippen molar-refractivity contribution in [3.8, 4) is 0 Å². The van der Waals surface area contributed by atoms with Gasteiger partial charge in [0.2, 0.25) is 0 Å². The summed E-state index contributed by atoms with van der Waals surface area (Å²) in [6.45, 7) is 15.1. The molecule has 0 N–H and O–H groups in total. The summed E-state index contributed by atoms with van der Waals surface area (Å²) < 4.78 is 1.46. The van der Waals surface area contributed by atoms with Crippen LogP contribution in [-0.2, 0) is 12.8 Å². The maximum Gasteiger partial charge on any atom is 0.0804 e. The number of anilines is 1. The second-order valence-corrected chi connectivity index (χ2v) is 14.2. The van der Waals surface area contributed by atoms with Crippen LogP contribution in [-0.4, -0.2) is 6.54 Å². The molecule has 1 unspecified atom stereocenters. The summed E-state index contributed by atoms with van der Waals surface area (Å²) in [6.07, 6.45) is 13.7. The number of nitrogens with zero attached hydrogens (tertiary/aromatic N) is 1. The van der Waals surface area contributed by atoms with Gasteiger partial charge in [-0.3, -0.25) is 0 Å². The number of thioether (sulfide) groups is 1. The molecule has 0 amide bonds. The molecule has 1 nitrogen and oxygen atoms in total. The second kappa shape index (κ2) is 11.0. The Balaban J connectivity index is 1.45. The van der Waals surface area contributed by atoms with Gasteiger partial charge in [0.25, 0.3) is 0 Å². The molecule has 2 aromatic carbocycles. The summed E-state index contributed by atoms with van der Waals surface area (Å²) in [5.74, 6) is 0.597. The van der Waals surface area contributed by atoms with E-state index in [1.807, 2.05) is 23.1 Å². The summed E-state index contributed by atoms with van der Waals surface area (Å²) in [6, 6.07) is 14.0. The van der Waals surface area contributed by atoms with Crippen LogP contribution in [0.1, 0.15) is 81.4 Å². The molecule has 1 aliphatic heterocycles. The lowest BCUT2D eigenvalue weighted by molar-refractivity contribution is 0.273. The summed E-state index contributed by atoms with van der Waals surface area (Å²) in [7, 11) is 0. The summed E-state index contributed by atoms with van der Waals surface area (Å²) in [5, 5.41) is 2.90. The molecule has 2 aliphatic rings. The lowest BCUT2D eigenvalue weighted by atomic mass is 9.71. The van der Waals surface area contributed by atoms with Crippen LogP contribution < -0.4 is 4.90 Å². The third-order valence-corrected chi connectivity index (χ3v) is 10.3. The highest BCUT2D eigenvalue weighted by atomic mass is 32.2. The Morgan fingerprint density at radius 3 is 2.59 bits per heavy atom. The van der Waals surface area contributed by atoms with Crippen molar-refractivity contribution in [2.24, 2.45) is 11.3 Å². The molecular weight excluding hydrogens is 487 g/mol. The average molecular weight is 530 g/mol. The Morgan fingerprint density at radius 2 is 1.81 bits per heavy atom. The number of rotatable bonds is 8. The molecule has 5 rings (SSSR count). The van der Waals surface area contributed by atoms with E-state index in [0.29, 0.717) is 11.3 Å². The molecule has 1 atom stereocenters. The Morgan fingerprint density at radius 1 is 1.03 bits per heavy atom. The first-order valence-corrected chi connectivity index (χ1v) is 15.9. The predicted molar refractivity (Wildman–Crippen MR) is 166 cm³/mol. The Bertz CT molecular complexity index is 1340. The number of hydrogen-bond acceptors (Lipinski definition) is 3. The van der Waals surface area contributed by atoms with Gasteiger partial charge in [0.1, 0.15) is 0 Å². The van der Waals surface area contributed by atoms with E-state index in [2.05, 4.69) is 95.0 Å². The van der Waals surface area contributed by atoms with Crippen molar-refractivity contribution in [2.45, 2.75) is 91.4 Å². The van der Waals surface area contributed by atoms with Gasteiger partial charge in [0, 0.05) is 21.0 Å². The molecule has 1 aromatic heterocycles. The Kier molecular flexibility index (Phi) is 7.93. The largest absolute Gasteiger partial charge is 0.335 e. The van der Waals surface area contributed by atoms with E-state index in [1.165, 1.54) is 74.5 Å². The monoisotopic (exact) mass is 529 g/mol. The van der Waals surface area contributed by atoms with Crippen molar-refractivity contribution in [3.63, 3.8) is 0 Å². The molecule has 0 fully saturated rings. The highest BCUT2D eigenvalue weighted by molar-refractivity contribution is 8.03. The number of fused-ring (bicyclic) bond motifs is 2. The minimum absolute atomic E-state index is 0.325. The number of thiophene rings is 1. The number of allylic oxidation sites excluding steroid dienone is 3. The van der Waals surface area contributed by atoms with E-state index in [1.54, 1.807) is 10.4 Å². The van der Waals surface area contributed by atoms with Gasteiger partial charge < -0.3 is 4.90 Å². The number of unbranched alkanes of at least 4 members (excludes halogenated alkanes) is 2. The summed E-state index contributed by atoms with van der Waals surface area (Å²) in [5.41, 5.74) is 7.55. The Hall–Kier alpha value is -1.97. The van der Waals surface area contributed by atoms with E-state index in [0.717, 1.165) is 19.4 Å². The zero-order valence-electron chi connectivity index (χ0n) is 23.6. The van der Waals surface area contributed by atoms with Crippen LogP contribution in [0.15, 0.2) is 64.0 Å². The molecule has 0 spiro atoms. The molecule has 0 bridgehead atoms. The van der Waals surface area contributed by atoms with Crippen molar-refractivity contribution in [3.05, 3.63) is 80.7 Å². The summed E-state index contributed by atoms with van der Waals surface area (Å²) >= 11 is 4.01. The predicted octanol–water partition coefficient (Wildman–Crippen LogP) is 10.6. The highest BCUT2D eigenvalue weighted by Crippen LogP contribution is 2.49. The number of aryl methyl sites for hydroxylation is 3. The third kappa shape index (κ3) is 5.88. The lowest BCUT2D eigenvalue weighted by Crippen LogP contribution is -2.24. The van der Waals surface area contributed by atoms with Gasteiger partial charge in [-0.15, -0.1) is 11.3 Å². The van der Waals surface area contributed by atoms with Gasteiger partial charge in [-0.2, -0.15) is 0 Å². The number of benzene rings is 2. The van der Waals surface area contributed by atoms with Crippen LogP contribution in [0.2, 0.25) is 0 Å². The lowest BCUT2D eigenvalue weighted by Gasteiger charge is -2.34. The SMILES string of the molecule is CCCCCN1/C(=C/C2=CC(Cc3sc4cc(C)ccc4c3CC)CC(C)(C)C2)Sc2cc(C)ccc21. The van der Waals surface area contributed by atoms with Crippen molar-refractivity contribution >= 4 is 38.9 Å². The van der Waals surface area contributed by atoms with Crippen molar-refractivity contribution in [2.75, 3.05) is 11.4 Å². The molecule has 37 heavy (non-hydrogen) atoms. The standard InChI is InChI=1S/C34H43NS2/c1-7-9-10-15-35-29-14-12-24(4)17-32(29)37-33(35)20-26-18-25(21-34(5,6)22-26)19-31-27(8-2)28-13-11-23(3)16-30(28)36-31/h11-14,16-18,20,25H,7-10,15,19,21-22H2,1-6H3/b33-20-. The topological polar surface area (TPSA) is 3.24 Å². The maximum absolute atomic E-state index is 2.63. The molecule has 0 saturated heterocycles. The van der Waals surface area contributed by atoms with E-state index in [4.69, 9.17) is 0 Å². The smallest absolute Gasteiger partial charge is 0.0804 e. The van der Waals surface area contributed by atoms with Crippen LogP contribution in [0.25, 0.3) is 10.1 Å². The van der Waals surface area contributed by atoms with Gasteiger partial charge in [-0.25, -0.2) is 0 Å². The molecule has 2 heterocycles. The molecule has 3 aromatic rings. The highest BCUT2D eigenvalue weighted by Gasteiger charge is 2.31. The summed E-state index contributed by atoms with van der Waals surface area (Å²) in [4.78, 5) is 5.62. The van der Waals surface area contributed by atoms with Gasteiger partial charge in [0.05, 0.1) is 10.7 Å². The van der Waals surface area contributed by atoms with Crippen LogP contribution in [0, 0.1) is 25.2 Å². The van der Waals surface area contributed by atoms with Gasteiger partial charge >= 0.3 is 0 Å². The Labute approximate surface area is 233 Å². The molecule has 0 radical (unpaired) electrons. The molecule has 0 saturated carbocycles. The van der Waals surface area contributed by atoms with Crippen molar-refractivity contribution < 1.29 is 0 Å². The maximum atomic E-state index is 2.63. The zero-order valence-corrected chi connectivity index (χ0v) is 25.2. The minimum Gasteiger partial charge on any atom is -0.335 e. The first-order valence-electron chi connectivity index (χ1n) is 14.3. The van der Waals surface area contributed by atoms with Crippen molar-refractivity contribution in [1.82, 2.24) is 0 Å². The number of hydrogen-bond donors (Lipinski definition) is 0. The van der Waals surface area contributed by atoms with E-state index in [-0.39, 0.29) is 0 Å². The van der Waals surface area contributed by atoms with E-state index < -0.39 is 0 Å². The fourth-order valence-electron chi connectivity index (χ4n) is 6.31. The van der Waals surface area contributed by atoms with E-state index >= 15 is 0 Å². The molecular formula is C34H43NS2. The van der Waals surface area contributed by atoms with Crippen LogP contribution in [0.5, 0.6) is 0 Å². The van der Waals surface area contributed by atoms with Crippen LogP contribution in [0.3, 0.4) is 0 Å². The second-order valence-electron chi connectivity index (χ2n) is 12.0. The zero-order chi connectivity index (χ0) is 26.2. The fraction of sp³-hybridized carbons (Fsp3) is 0.471. The quantitative estimate of drug-likeness (QED) is 0.267. The normalized spacial score (nSPS) is 20.1. The van der Waals surface area contributed by atoms with Crippen LogP contribution >= 0.6 is 23.1 Å².